The Bertz CT molecular complexity index is 358. The van der Waals surface area contributed by atoms with Gasteiger partial charge in [-0.25, -0.2) is 8.42 Å². The summed E-state index contributed by atoms with van der Waals surface area (Å²) in [6.45, 7) is 6.97. The van der Waals surface area contributed by atoms with Crippen molar-refractivity contribution in [2.24, 2.45) is 0 Å². The third-order valence-corrected chi connectivity index (χ3v) is 5.88. The number of rotatable bonds is 3. The molecule has 2 aliphatic heterocycles. The maximum absolute atomic E-state index is 12.1. The summed E-state index contributed by atoms with van der Waals surface area (Å²) < 4.78 is 26.0. The molecule has 0 amide bonds. The van der Waals surface area contributed by atoms with Crippen LogP contribution in [0, 0.1) is 0 Å². The second kappa shape index (κ2) is 6.32. The monoisotopic (exact) mass is 275 g/mol. The van der Waals surface area contributed by atoms with E-state index in [-0.39, 0.29) is 5.75 Å². The largest absolute Gasteiger partial charge is 0.314 e. The molecule has 0 radical (unpaired) electrons. The van der Waals surface area contributed by atoms with Gasteiger partial charge in [0.05, 0.1) is 5.75 Å². The lowest BCUT2D eigenvalue weighted by molar-refractivity contribution is 0.135. The summed E-state index contributed by atoms with van der Waals surface area (Å²) in [4.78, 5) is 2.43. The van der Waals surface area contributed by atoms with Crippen molar-refractivity contribution in [3.8, 4) is 0 Å². The Morgan fingerprint density at radius 2 is 2.06 bits per heavy atom. The molecule has 18 heavy (non-hydrogen) atoms. The zero-order valence-electron chi connectivity index (χ0n) is 11.3. The van der Waals surface area contributed by atoms with Crippen LogP contribution in [0.3, 0.4) is 0 Å². The molecule has 1 N–H and O–H groups in total. The number of hydrogen-bond donors (Lipinski definition) is 1. The molecule has 2 heterocycles. The van der Waals surface area contributed by atoms with Gasteiger partial charge in [-0.1, -0.05) is 13.3 Å². The number of likely N-dealkylation sites (tertiary alicyclic amines) is 1. The minimum Gasteiger partial charge on any atom is -0.314 e. The normalized spacial score (nSPS) is 31.1. The number of piperidine rings is 1. The maximum atomic E-state index is 12.1. The predicted molar refractivity (Wildman–Crippen MR) is 73.1 cm³/mol. The molecule has 1 unspecified atom stereocenters. The van der Waals surface area contributed by atoms with E-state index < -0.39 is 10.0 Å². The quantitative estimate of drug-likeness (QED) is 0.793. The molecule has 0 aliphatic carbocycles. The Morgan fingerprint density at radius 3 is 2.83 bits per heavy atom. The van der Waals surface area contributed by atoms with Crippen LogP contribution in [0.15, 0.2) is 0 Å². The Labute approximate surface area is 111 Å². The van der Waals surface area contributed by atoms with Gasteiger partial charge in [0.2, 0.25) is 10.0 Å². The molecule has 1 atom stereocenters. The van der Waals surface area contributed by atoms with E-state index in [9.17, 15) is 8.42 Å². The fourth-order valence-electron chi connectivity index (χ4n) is 2.92. The van der Waals surface area contributed by atoms with E-state index in [0.29, 0.717) is 25.7 Å². The Morgan fingerprint density at radius 1 is 1.22 bits per heavy atom. The Kier molecular flexibility index (Phi) is 5.00. The molecule has 0 bridgehead atoms. The van der Waals surface area contributed by atoms with Crippen LogP contribution in [-0.2, 0) is 10.0 Å². The zero-order chi connectivity index (χ0) is 13.0. The molecule has 0 aromatic heterocycles. The first kappa shape index (κ1) is 14.2. The molecule has 106 valence electrons. The van der Waals surface area contributed by atoms with Gasteiger partial charge in [-0.2, -0.15) is 4.31 Å². The molecule has 0 spiro atoms. The molecular weight excluding hydrogens is 250 g/mol. The van der Waals surface area contributed by atoms with Crippen LogP contribution in [0.2, 0.25) is 0 Å². The Balaban J connectivity index is 2.01. The van der Waals surface area contributed by atoms with Crippen molar-refractivity contribution in [2.45, 2.75) is 32.2 Å². The number of nitrogens with zero attached hydrogens (tertiary/aromatic N) is 2. The standard InChI is InChI=1S/C12H25N3O2S/c1-2-14-8-4-3-5-12(14)11-15-9-6-13-7-10-18(15,16)17/h12-13H,2-11H2,1H3. The van der Waals surface area contributed by atoms with Gasteiger partial charge in [-0.15, -0.1) is 0 Å². The highest BCUT2D eigenvalue weighted by molar-refractivity contribution is 7.89. The van der Waals surface area contributed by atoms with Crippen molar-refractivity contribution in [1.29, 1.82) is 0 Å². The van der Waals surface area contributed by atoms with Crippen molar-refractivity contribution in [2.75, 3.05) is 45.0 Å². The van der Waals surface area contributed by atoms with Gasteiger partial charge in [-0.05, 0) is 25.9 Å². The lowest BCUT2D eigenvalue weighted by atomic mass is 10.0. The summed E-state index contributed by atoms with van der Waals surface area (Å²) in [6.07, 6.45) is 3.61. The van der Waals surface area contributed by atoms with Crippen molar-refractivity contribution < 1.29 is 8.42 Å². The topological polar surface area (TPSA) is 52.6 Å². The zero-order valence-corrected chi connectivity index (χ0v) is 12.1. The van der Waals surface area contributed by atoms with E-state index in [1.807, 2.05) is 0 Å². The van der Waals surface area contributed by atoms with E-state index in [1.54, 1.807) is 4.31 Å². The number of nitrogens with one attached hydrogen (secondary N) is 1. The van der Waals surface area contributed by atoms with Crippen molar-refractivity contribution >= 4 is 10.0 Å². The van der Waals surface area contributed by atoms with Crippen LogP contribution in [0.4, 0.5) is 0 Å². The summed E-state index contributed by atoms with van der Waals surface area (Å²) >= 11 is 0. The minimum absolute atomic E-state index is 0.242. The number of hydrogen-bond acceptors (Lipinski definition) is 4. The van der Waals surface area contributed by atoms with Gasteiger partial charge < -0.3 is 5.32 Å². The molecular formula is C12H25N3O2S. The van der Waals surface area contributed by atoms with Gasteiger partial charge in [-0.3, -0.25) is 4.90 Å². The first-order chi connectivity index (χ1) is 8.63. The average molecular weight is 275 g/mol. The first-order valence-electron chi connectivity index (χ1n) is 7.06. The highest BCUT2D eigenvalue weighted by Gasteiger charge is 2.29. The molecule has 2 rings (SSSR count). The minimum atomic E-state index is -3.05. The number of likely N-dealkylation sites (N-methyl/N-ethyl adjacent to an activating group) is 1. The molecule has 0 saturated carbocycles. The average Bonchev–Trinajstić information content (AvgIpc) is 2.52. The lowest BCUT2D eigenvalue weighted by Crippen LogP contribution is -2.48. The third-order valence-electron chi connectivity index (χ3n) is 4.04. The summed E-state index contributed by atoms with van der Waals surface area (Å²) in [5.74, 6) is 0.242. The van der Waals surface area contributed by atoms with Crippen molar-refractivity contribution in [1.82, 2.24) is 14.5 Å². The molecule has 6 heteroatoms. The molecule has 0 aromatic rings. The summed E-state index contributed by atoms with van der Waals surface area (Å²) in [6, 6.07) is 0.414. The molecule has 2 fully saturated rings. The predicted octanol–water partition coefficient (Wildman–Crippen LogP) is 0.0958. The second-order valence-corrected chi connectivity index (χ2v) is 7.29. The van der Waals surface area contributed by atoms with Crippen molar-refractivity contribution in [3.05, 3.63) is 0 Å². The summed E-state index contributed by atoms with van der Waals surface area (Å²) in [5, 5.41) is 3.16. The highest BCUT2D eigenvalue weighted by Crippen LogP contribution is 2.19. The van der Waals surface area contributed by atoms with Gasteiger partial charge >= 0.3 is 0 Å². The maximum Gasteiger partial charge on any atom is 0.215 e. The third kappa shape index (κ3) is 3.44. The van der Waals surface area contributed by atoms with E-state index in [4.69, 9.17) is 0 Å². The van der Waals surface area contributed by atoms with Gasteiger partial charge in [0.1, 0.15) is 0 Å². The van der Waals surface area contributed by atoms with Crippen LogP contribution in [-0.4, -0.2) is 68.7 Å². The van der Waals surface area contributed by atoms with Crippen LogP contribution >= 0.6 is 0 Å². The smallest absolute Gasteiger partial charge is 0.215 e. The fourth-order valence-corrected chi connectivity index (χ4v) is 4.35. The lowest BCUT2D eigenvalue weighted by Gasteiger charge is -2.37. The van der Waals surface area contributed by atoms with E-state index in [1.165, 1.54) is 12.8 Å². The molecule has 2 saturated heterocycles. The van der Waals surface area contributed by atoms with Crippen LogP contribution < -0.4 is 5.32 Å². The molecule has 0 aromatic carbocycles. The van der Waals surface area contributed by atoms with Gasteiger partial charge in [0.15, 0.2) is 0 Å². The molecule has 5 nitrogen and oxygen atoms in total. The number of sulfonamides is 1. The SMILES string of the molecule is CCN1CCCCC1CN1CCNCCS1(=O)=O. The fraction of sp³-hybridized carbons (Fsp3) is 1.00. The second-order valence-electron chi connectivity index (χ2n) is 5.20. The van der Waals surface area contributed by atoms with E-state index >= 15 is 0 Å². The highest BCUT2D eigenvalue weighted by atomic mass is 32.2. The van der Waals surface area contributed by atoms with E-state index in [0.717, 1.165) is 26.1 Å². The van der Waals surface area contributed by atoms with Gasteiger partial charge in [0.25, 0.3) is 0 Å². The van der Waals surface area contributed by atoms with Crippen molar-refractivity contribution in [3.63, 3.8) is 0 Å². The van der Waals surface area contributed by atoms with Crippen LogP contribution in [0.5, 0.6) is 0 Å². The molecule has 2 aliphatic rings. The van der Waals surface area contributed by atoms with Gasteiger partial charge in [0, 0.05) is 32.2 Å². The summed E-state index contributed by atoms with van der Waals surface area (Å²) in [5.41, 5.74) is 0. The Hall–Kier alpha value is -0.170. The van der Waals surface area contributed by atoms with E-state index in [2.05, 4.69) is 17.1 Å². The van der Waals surface area contributed by atoms with Crippen LogP contribution in [0.25, 0.3) is 0 Å². The van der Waals surface area contributed by atoms with Crippen LogP contribution in [0.1, 0.15) is 26.2 Å². The summed E-state index contributed by atoms with van der Waals surface area (Å²) in [7, 11) is -3.05. The first-order valence-corrected chi connectivity index (χ1v) is 8.67.